The second-order valence-corrected chi connectivity index (χ2v) is 7.36. The highest BCUT2D eigenvalue weighted by atomic mass is 32.1. The van der Waals surface area contributed by atoms with Gasteiger partial charge < -0.3 is 4.74 Å². The molecule has 5 nitrogen and oxygen atoms in total. The van der Waals surface area contributed by atoms with Gasteiger partial charge in [-0.05, 0) is 44.6 Å². The zero-order valence-corrected chi connectivity index (χ0v) is 13.7. The molecule has 0 atom stereocenters. The maximum atomic E-state index is 12.3. The number of carbonyl (C=O) groups is 1. The molecule has 2 aromatic heterocycles. The van der Waals surface area contributed by atoms with E-state index >= 15 is 0 Å². The Labute approximate surface area is 132 Å². The predicted molar refractivity (Wildman–Crippen MR) is 86.1 cm³/mol. The molecule has 0 aliphatic heterocycles. The van der Waals surface area contributed by atoms with Crippen molar-refractivity contribution in [3.8, 4) is 0 Å². The highest BCUT2D eigenvalue weighted by Gasteiger charge is 2.22. The smallest absolute Gasteiger partial charge is 0.326 e. The van der Waals surface area contributed by atoms with Gasteiger partial charge in [0.2, 0.25) is 0 Å². The number of fused-ring (bicyclic) bond motifs is 1. The van der Waals surface area contributed by atoms with E-state index in [1.165, 1.54) is 22.2 Å². The third-order valence-electron chi connectivity index (χ3n) is 4.20. The standard InChI is InChI=1S/C16H20N2O3S/c1-10-3-5-12(6-4-10)21-14(19)8-18-9-17-15-13(16(18)20)7-11(2)22-15/h7,9-10,12H,3-6,8H2,1-2H3. The number of nitrogens with zero attached hydrogens (tertiary/aromatic N) is 2. The summed E-state index contributed by atoms with van der Waals surface area (Å²) in [6.45, 7) is 4.10. The minimum Gasteiger partial charge on any atom is -0.461 e. The van der Waals surface area contributed by atoms with Gasteiger partial charge in [0.1, 0.15) is 17.5 Å². The molecule has 22 heavy (non-hydrogen) atoms. The molecule has 2 aromatic rings. The first-order chi connectivity index (χ1) is 10.5. The van der Waals surface area contributed by atoms with E-state index < -0.39 is 0 Å². The highest BCUT2D eigenvalue weighted by Crippen LogP contribution is 2.25. The van der Waals surface area contributed by atoms with Crippen molar-refractivity contribution in [3.05, 3.63) is 27.6 Å². The van der Waals surface area contributed by atoms with Gasteiger partial charge in [0.25, 0.3) is 5.56 Å². The minimum atomic E-state index is -0.352. The molecule has 3 rings (SSSR count). The van der Waals surface area contributed by atoms with Gasteiger partial charge in [-0.2, -0.15) is 0 Å². The summed E-state index contributed by atoms with van der Waals surface area (Å²) in [5.41, 5.74) is -0.177. The van der Waals surface area contributed by atoms with E-state index in [0.717, 1.165) is 30.6 Å². The van der Waals surface area contributed by atoms with Gasteiger partial charge >= 0.3 is 5.97 Å². The molecule has 0 spiro atoms. The summed E-state index contributed by atoms with van der Waals surface area (Å²) in [4.78, 5) is 30.4. The molecule has 2 heterocycles. The number of rotatable bonds is 3. The lowest BCUT2D eigenvalue weighted by Crippen LogP contribution is -2.29. The van der Waals surface area contributed by atoms with Crippen molar-refractivity contribution >= 4 is 27.5 Å². The number of aryl methyl sites for hydroxylation is 1. The third-order valence-corrected chi connectivity index (χ3v) is 5.16. The summed E-state index contributed by atoms with van der Waals surface area (Å²) in [7, 11) is 0. The van der Waals surface area contributed by atoms with Gasteiger partial charge in [-0.15, -0.1) is 11.3 Å². The van der Waals surface area contributed by atoms with E-state index in [4.69, 9.17) is 4.74 Å². The third kappa shape index (κ3) is 3.21. The van der Waals surface area contributed by atoms with Crippen LogP contribution in [0.5, 0.6) is 0 Å². The molecule has 0 saturated heterocycles. The Morgan fingerprint density at radius 1 is 1.41 bits per heavy atom. The molecule has 0 aromatic carbocycles. The Kier molecular flexibility index (Phi) is 4.29. The van der Waals surface area contributed by atoms with Crippen molar-refractivity contribution in [1.82, 2.24) is 9.55 Å². The van der Waals surface area contributed by atoms with E-state index in [0.29, 0.717) is 16.1 Å². The molecule has 6 heteroatoms. The lowest BCUT2D eigenvalue weighted by molar-refractivity contribution is -0.151. The van der Waals surface area contributed by atoms with Gasteiger partial charge in [-0.3, -0.25) is 14.2 Å². The van der Waals surface area contributed by atoms with Gasteiger partial charge in [-0.1, -0.05) is 6.92 Å². The van der Waals surface area contributed by atoms with Crippen molar-refractivity contribution in [2.75, 3.05) is 0 Å². The molecule has 0 N–H and O–H groups in total. The summed E-state index contributed by atoms with van der Waals surface area (Å²) in [5, 5.41) is 0.573. The lowest BCUT2D eigenvalue weighted by atomic mass is 9.89. The van der Waals surface area contributed by atoms with Gasteiger partial charge in [-0.25, -0.2) is 4.98 Å². The number of ether oxygens (including phenoxy) is 1. The van der Waals surface area contributed by atoms with Crippen LogP contribution in [0.1, 0.15) is 37.5 Å². The molecular formula is C16H20N2O3S. The van der Waals surface area contributed by atoms with E-state index in [2.05, 4.69) is 11.9 Å². The van der Waals surface area contributed by atoms with E-state index in [1.807, 2.05) is 13.0 Å². The average Bonchev–Trinajstić information content (AvgIpc) is 2.86. The average molecular weight is 320 g/mol. The minimum absolute atomic E-state index is 0.000478. The summed E-state index contributed by atoms with van der Waals surface area (Å²) >= 11 is 1.48. The maximum Gasteiger partial charge on any atom is 0.326 e. The number of aromatic nitrogens is 2. The van der Waals surface area contributed by atoms with Gasteiger partial charge in [0.15, 0.2) is 0 Å². The van der Waals surface area contributed by atoms with E-state index in [1.54, 1.807) is 0 Å². The molecule has 0 amide bonds. The van der Waals surface area contributed by atoms with Crippen LogP contribution in [0, 0.1) is 12.8 Å². The molecule has 1 fully saturated rings. The number of hydrogen-bond donors (Lipinski definition) is 0. The fourth-order valence-corrected chi connectivity index (χ4v) is 3.74. The maximum absolute atomic E-state index is 12.3. The van der Waals surface area contributed by atoms with Crippen molar-refractivity contribution in [3.63, 3.8) is 0 Å². The Balaban J connectivity index is 1.69. The van der Waals surface area contributed by atoms with Crippen LogP contribution in [0.25, 0.3) is 10.2 Å². The van der Waals surface area contributed by atoms with Crippen LogP contribution in [-0.2, 0) is 16.1 Å². The van der Waals surface area contributed by atoms with Crippen LogP contribution < -0.4 is 5.56 Å². The molecule has 0 unspecified atom stereocenters. The Hall–Kier alpha value is -1.69. The molecule has 0 radical (unpaired) electrons. The van der Waals surface area contributed by atoms with Crippen LogP contribution in [0.3, 0.4) is 0 Å². The molecule has 1 aliphatic rings. The summed E-state index contributed by atoms with van der Waals surface area (Å²) < 4.78 is 6.83. The second-order valence-electron chi connectivity index (χ2n) is 6.13. The first-order valence-corrected chi connectivity index (χ1v) is 8.49. The van der Waals surface area contributed by atoms with Crippen LogP contribution in [0.4, 0.5) is 0 Å². The molecular weight excluding hydrogens is 300 g/mol. The summed E-state index contributed by atoms with van der Waals surface area (Å²) in [5.74, 6) is 0.362. The molecule has 118 valence electrons. The van der Waals surface area contributed by atoms with Crippen molar-refractivity contribution < 1.29 is 9.53 Å². The summed E-state index contributed by atoms with van der Waals surface area (Å²) in [6, 6.07) is 1.82. The summed E-state index contributed by atoms with van der Waals surface area (Å²) in [6.07, 6.45) is 5.47. The van der Waals surface area contributed by atoms with Crippen molar-refractivity contribution in [1.29, 1.82) is 0 Å². The van der Waals surface area contributed by atoms with E-state index in [9.17, 15) is 9.59 Å². The fourth-order valence-electron chi connectivity index (χ4n) is 2.90. The quantitative estimate of drug-likeness (QED) is 0.816. The van der Waals surface area contributed by atoms with Crippen LogP contribution in [0.2, 0.25) is 0 Å². The van der Waals surface area contributed by atoms with Crippen LogP contribution in [0.15, 0.2) is 17.2 Å². The molecule has 1 aliphatic carbocycles. The first-order valence-electron chi connectivity index (χ1n) is 7.68. The van der Waals surface area contributed by atoms with Gasteiger partial charge in [0, 0.05) is 4.88 Å². The normalized spacial score (nSPS) is 21.9. The first kappa shape index (κ1) is 15.2. The van der Waals surface area contributed by atoms with E-state index in [-0.39, 0.29) is 24.2 Å². The van der Waals surface area contributed by atoms with Crippen LogP contribution in [-0.4, -0.2) is 21.6 Å². The zero-order chi connectivity index (χ0) is 15.7. The molecule has 1 saturated carbocycles. The Morgan fingerprint density at radius 2 is 2.14 bits per heavy atom. The number of carbonyl (C=O) groups excluding carboxylic acids is 1. The highest BCUT2D eigenvalue weighted by molar-refractivity contribution is 7.18. The Bertz CT molecular complexity index is 741. The zero-order valence-electron chi connectivity index (χ0n) is 12.9. The monoisotopic (exact) mass is 320 g/mol. The largest absolute Gasteiger partial charge is 0.461 e. The molecule has 0 bridgehead atoms. The predicted octanol–water partition coefficient (Wildman–Crippen LogP) is 2.89. The van der Waals surface area contributed by atoms with Crippen molar-refractivity contribution in [2.24, 2.45) is 5.92 Å². The van der Waals surface area contributed by atoms with Crippen LogP contribution >= 0.6 is 11.3 Å². The number of thiophene rings is 1. The fraction of sp³-hybridized carbons (Fsp3) is 0.562. The Morgan fingerprint density at radius 3 is 2.86 bits per heavy atom. The topological polar surface area (TPSA) is 61.2 Å². The van der Waals surface area contributed by atoms with Gasteiger partial charge in [0.05, 0.1) is 11.7 Å². The van der Waals surface area contributed by atoms with Crippen molar-refractivity contribution in [2.45, 2.75) is 52.2 Å². The number of hydrogen-bond acceptors (Lipinski definition) is 5. The number of esters is 1. The SMILES string of the molecule is Cc1cc2c(=O)n(CC(=O)OC3CCC(C)CC3)cnc2s1. The second kappa shape index (κ2) is 6.20. The lowest BCUT2D eigenvalue weighted by Gasteiger charge is -2.26.